The monoisotopic (exact) mass is 584 g/mol. The van der Waals surface area contributed by atoms with E-state index in [1.54, 1.807) is 5.38 Å². The van der Waals surface area contributed by atoms with Crippen LogP contribution in [0.25, 0.3) is 11.1 Å². The average molecular weight is 585 g/mol. The Labute approximate surface area is 248 Å². The minimum atomic E-state index is -1.10. The van der Waals surface area contributed by atoms with E-state index in [4.69, 9.17) is 4.74 Å². The fourth-order valence-corrected chi connectivity index (χ4v) is 5.91. The van der Waals surface area contributed by atoms with Gasteiger partial charge in [-0.2, -0.15) is 0 Å². The molecule has 1 unspecified atom stereocenters. The first-order chi connectivity index (χ1) is 20.4. The van der Waals surface area contributed by atoms with E-state index >= 15 is 0 Å². The third-order valence-electron chi connectivity index (χ3n) is 7.09. The number of fused-ring (bicyclic) bond motifs is 3. The van der Waals surface area contributed by atoms with Crippen molar-refractivity contribution in [3.8, 4) is 11.1 Å². The molecule has 0 fully saturated rings. The number of aliphatic carboxylic acids is 1. The Hall–Kier alpha value is -4.54. The van der Waals surface area contributed by atoms with Gasteiger partial charge in [0.15, 0.2) is 0 Å². The lowest BCUT2D eigenvalue weighted by Gasteiger charge is -2.22. The van der Waals surface area contributed by atoms with Crippen molar-refractivity contribution >= 4 is 29.3 Å². The second-order valence-corrected chi connectivity index (χ2v) is 11.2. The molecule has 0 bridgehead atoms. The lowest BCUT2D eigenvalue weighted by molar-refractivity contribution is -0.142. The second-order valence-electron chi connectivity index (χ2n) is 10.2. The maximum absolute atomic E-state index is 12.6. The molecule has 0 aliphatic heterocycles. The highest BCUT2D eigenvalue weighted by molar-refractivity contribution is 7.09. The van der Waals surface area contributed by atoms with Gasteiger partial charge in [-0.3, -0.25) is 9.69 Å². The first-order valence-corrected chi connectivity index (χ1v) is 14.5. The molecule has 0 saturated carbocycles. The van der Waals surface area contributed by atoms with Gasteiger partial charge in [0.05, 0.1) is 18.7 Å². The first-order valence-electron chi connectivity index (χ1n) is 13.6. The SMILES string of the molecule is CN(Cc1ccccc1)CC(NC(=O)Cc1csc(CNC(=O)OCC2c3ccccc3-c3ccccc32)n1)C(=O)O. The molecular weight excluding hydrogens is 552 g/mol. The van der Waals surface area contributed by atoms with Crippen LogP contribution in [0.3, 0.4) is 0 Å². The lowest BCUT2D eigenvalue weighted by Crippen LogP contribution is -2.48. The van der Waals surface area contributed by atoms with Crippen LogP contribution in [0.4, 0.5) is 4.79 Å². The number of hydrogen-bond donors (Lipinski definition) is 3. The van der Waals surface area contributed by atoms with Crippen molar-refractivity contribution in [2.75, 3.05) is 20.2 Å². The standard InChI is InChI=1S/C32H32N4O5S/c1-36(17-21-9-3-2-4-10-21)18-28(31(38)39)35-29(37)15-22-20-42-30(34-22)16-33-32(40)41-19-27-25-13-7-5-11-23(25)24-12-6-8-14-26(24)27/h2-14,20,27-28H,15-19H2,1H3,(H,33,40)(H,35,37)(H,38,39). The smallest absolute Gasteiger partial charge is 0.407 e. The van der Waals surface area contributed by atoms with Crippen LogP contribution < -0.4 is 10.6 Å². The summed E-state index contributed by atoms with van der Waals surface area (Å²) in [5.74, 6) is -1.56. The molecule has 1 atom stereocenters. The molecule has 42 heavy (non-hydrogen) atoms. The number of hydrogen-bond acceptors (Lipinski definition) is 7. The van der Waals surface area contributed by atoms with Gasteiger partial charge in [0, 0.05) is 24.4 Å². The van der Waals surface area contributed by atoms with Gasteiger partial charge in [-0.1, -0.05) is 78.9 Å². The minimum Gasteiger partial charge on any atom is -0.480 e. The van der Waals surface area contributed by atoms with Crippen molar-refractivity contribution in [2.24, 2.45) is 0 Å². The van der Waals surface area contributed by atoms with Crippen molar-refractivity contribution in [3.63, 3.8) is 0 Å². The Balaban J connectivity index is 1.08. The van der Waals surface area contributed by atoms with Gasteiger partial charge in [0.2, 0.25) is 5.91 Å². The summed E-state index contributed by atoms with van der Waals surface area (Å²) in [6.07, 6.45) is -0.608. The van der Waals surface area contributed by atoms with Crippen molar-refractivity contribution in [1.82, 2.24) is 20.5 Å². The summed E-state index contributed by atoms with van der Waals surface area (Å²) in [6, 6.07) is 24.9. The third-order valence-corrected chi connectivity index (χ3v) is 7.99. The number of likely N-dealkylation sites (N-methyl/N-ethyl adjacent to an activating group) is 1. The Morgan fingerprint density at radius 1 is 0.976 bits per heavy atom. The van der Waals surface area contributed by atoms with Gasteiger partial charge in [-0.05, 0) is 34.9 Å². The molecule has 5 rings (SSSR count). The number of amides is 2. The zero-order valence-corrected chi connectivity index (χ0v) is 24.0. The maximum Gasteiger partial charge on any atom is 0.407 e. The van der Waals surface area contributed by atoms with E-state index in [2.05, 4.69) is 39.9 Å². The summed E-state index contributed by atoms with van der Waals surface area (Å²) in [4.78, 5) is 43.2. The first kappa shape index (κ1) is 29.0. The Morgan fingerprint density at radius 3 is 2.29 bits per heavy atom. The van der Waals surface area contributed by atoms with Crippen LogP contribution >= 0.6 is 11.3 Å². The summed E-state index contributed by atoms with van der Waals surface area (Å²) in [5, 5.41) is 17.3. The van der Waals surface area contributed by atoms with E-state index < -0.39 is 24.0 Å². The zero-order valence-electron chi connectivity index (χ0n) is 23.2. The number of nitrogens with one attached hydrogen (secondary N) is 2. The molecule has 4 aromatic rings. The number of thiazole rings is 1. The molecule has 3 N–H and O–H groups in total. The predicted octanol–water partition coefficient (Wildman–Crippen LogP) is 4.43. The fourth-order valence-electron chi connectivity index (χ4n) is 5.18. The number of aromatic nitrogens is 1. The molecule has 0 saturated heterocycles. The number of carboxylic acids is 1. The number of nitrogens with zero attached hydrogens (tertiary/aromatic N) is 2. The van der Waals surface area contributed by atoms with Crippen molar-refractivity contribution in [1.29, 1.82) is 0 Å². The molecule has 1 aliphatic rings. The molecule has 3 aromatic carbocycles. The highest BCUT2D eigenvalue weighted by atomic mass is 32.1. The van der Waals surface area contributed by atoms with Crippen LogP contribution in [0.2, 0.25) is 0 Å². The van der Waals surface area contributed by atoms with Gasteiger partial charge in [0.25, 0.3) is 0 Å². The summed E-state index contributed by atoms with van der Waals surface area (Å²) in [5.41, 5.74) is 6.16. The van der Waals surface area contributed by atoms with Crippen molar-refractivity contribution in [3.05, 3.63) is 112 Å². The molecule has 0 spiro atoms. The molecule has 1 aliphatic carbocycles. The van der Waals surface area contributed by atoms with Crippen LogP contribution in [0, 0.1) is 0 Å². The van der Waals surface area contributed by atoms with Crippen molar-refractivity contribution < 1.29 is 24.2 Å². The molecule has 0 radical (unpaired) electrons. The Bertz CT molecular complexity index is 1510. The summed E-state index contributed by atoms with van der Waals surface area (Å²) < 4.78 is 5.57. The summed E-state index contributed by atoms with van der Waals surface area (Å²) in [6.45, 7) is 1.09. The number of carbonyl (C=O) groups excluding carboxylic acids is 2. The summed E-state index contributed by atoms with van der Waals surface area (Å²) >= 11 is 1.31. The zero-order chi connectivity index (χ0) is 29.5. The van der Waals surface area contributed by atoms with E-state index in [-0.39, 0.29) is 32.0 Å². The van der Waals surface area contributed by atoms with E-state index in [1.807, 2.05) is 66.5 Å². The third kappa shape index (κ3) is 7.20. The van der Waals surface area contributed by atoms with Gasteiger partial charge >= 0.3 is 12.1 Å². The molecule has 1 aromatic heterocycles. The minimum absolute atomic E-state index is 0.0270. The van der Waals surface area contributed by atoms with Crippen LogP contribution in [0.1, 0.15) is 33.3 Å². The lowest BCUT2D eigenvalue weighted by atomic mass is 9.98. The van der Waals surface area contributed by atoms with E-state index in [0.29, 0.717) is 17.2 Å². The van der Waals surface area contributed by atoms with Gasteiger partial charge < -0.3 is 20.5 Å². The van der Waals surface area contributed by atoms with E-state index in [9.17, 15) is 19.5 Å². The van der Waals surface area contributed by atoms with E-state index in [1.165, 1.54) is 11.3 Å². The van der Waals surface area contributed by atoms with Gasteiger partial charge in [0.1, 0.15) is 17.7 Å². The number of carbonyl (C=O) groups is 3. The Kier molecular flexibility index (Phi) is 9.25. The van der Waals surface area contributed by atoms with Crippen LogP contribution in [0.15, 0.2) is 84.2 Å². The topological polar surface area (TPSA) is 121 Å². The van der Waals surface area contributed by atoms with E-state index in [0.717, 1.165) is 27.8 Å². The predicted molar refractivity (Wildman–Crippen MR) is 160 cm³/mol. The molecule has 1 heterocycles. The molecule has 2 amide bonds. The van der Waals surface area contributed by atoms with Crippen molar-refractivity contribution in [2.45, 2.75) is 31.5 Å². The fraction of sp³-hybridized carbons (Fsp3) is 0.250. The molecule has 9 nitrogen and oxygen atoms in total. The highest BCUT2D eigenvalue weighted by Crippen LogP contribution is 2.44. The summed E-state index contributed by atoms with van der Waals surface area (Å²) in [7, 11) is 1.81. The Morgan fingerprint density at radius 2 is 1.62 bits per heavy atom. The molecular formula is C32H32N4O5S. The number of benzene rings is 3. The van der Waals surface area contributed by atoms with Gasteiger partial charge in [-0.25, -0.2) is 14.6 Å². The number of rotatable bonds is 12. The second kappa shape index (κ2) is 13.4. The molecule has 10 heteroatoms. The van der Waals surface area contributed by atoms with Crippen LogP contribution in [-0.2, 0) is 33.8 Å². The highest BCUT2D eigenvalue weighted by Gasteiger charge is 2.29. The number of alkyl carbamates (subject to hydrolysis) is 1. The van der Waals surface area contributed by atoms with Crippen LogP contribution in [0.5, 0.6) is 0 Å². The van der Waals surface area contributed by atoms with Crippen LogP contribution in [-0.4, -0.2) is 59.2 Å². The quantitative estimate of drug-likeness (QED) is 0.225. The number of ether oxygens (including phenoxy) is 1. The molecule has 216 valence electrons. The normalized spacial score (nSPS) is 12.8. The number of carboxylic acid groups (broad SMARTS) is 1. The maximum atomic E-state index is 12.6. The van der Waals surface area contributed by atoms with Gasteiger partial charge in [-0.15, -0.1) is 11.3 Å². The average Bonchev–Trinajstić information content (AvgIpc) is 3.57. The largest absolute Gasteiger partial charge is 0.480 e.